The van der Waals surface area contributed by atoms with Crippen LogP contribution < -0.4 is 0 Å². The van der Waals surface area contributed by atoms with Gasteiger partial charge in [0.05, 0.1) is 0 Å². The molecule has 12 heavy (non-hydrogen) atoms. The van der Waals surface area contributed by atoms with Crippen LogP contribution in [-0.2, 0) is 24.7 Å². The summed E-state index contributed by atoms with van der Waals surface area (Å²) in [6, 6.07) is 0. The predicted octanol–water partition coefficient (Wildman–Crippen LogP) is 3.09. The number of rotatable bonds is 2. The fourth-order valence-corrected chi connectivity index (χ4v) is 2.65. The molecule has 0 aromatic rings. The molecule has 0 aliphatic heterocycles. The van der Waals surface area contributed by atoms with E-state index in [0.29, 0.717) is 0 Å². The molecular weight excluding hydrogens is 223 g/mol. The van der Waals surface area contributed by atoms with Gasteiger partial charge in [0.1, 0.15) is 0 Å². The summed E-state index contributed by atoms with van der Waals surface area (Å²) >= 11 is 1.63. The second kappa shape index (κ2) is 3.70. The molecule has 0 nitrogen and oxygen atoms in total. The zero-order valence-electron chi connectivity index (χ0n) is 6.96. The molecule has 0 saturated carbocycles. The van der Waals surface area contributed by atoms with Crippen LogP contribution in [0, 0.1) is 0 Å². The number of hydrogen-bond donors (Lipinski definition) is 0. The summed E-state index contributed by atoms with van der Waals surface area (Å²) in [7, 11) is 0. The molecule has 0 atom stereocenters. The average molecular weight is 234 g/mol. The third-order valence-electron chi connectivity index (χ3n) is 2.34. The molecule has 0 N–H and O–H groups in total. The van der Waals surface area contributed by atoms with Crippen molar-refractivity contribution in [2.24, 2.45) is 0 Å². The van der Waals surface area contributed by atoms with Gasteiger partial charge in [-0.2, -0.15) is 0 Å². The van der Waals surface area contributed by atoms with Crippen molar-refractivity contribution in [3.63, 3.8) is 0 Å². The fraction of sp³-hybridized carbons (Fsp3) is 0.273. The second-order valence-corrected chi connectivity index (χ2v) is 4.60. The molecule has 0 fully saturated rings. The summed E-state index contributed by atoms with van der Waals surface area (Å²) < 4.78 is 0.738. The molecule has 0 amide bonds. The molecule has 2 aliphatic carbocycles. The van der Waals surface area contributed by atoms with Gasteiger partial charge in [0.15, 0.2) is 0 Å². The van der Waals surface area contributed by atoms with Crippen LogP contribution >= 0.6 is 0 Å². The normalized spacial score (nSPS) is 20.3. The minimum absolute atomic E-state index is 0.738. The molecule has 0 unspecified atom stereocenters. The molecule has 0 spiro atoms. The van der Waals surface area contributed by atoms with Crippen LogP contribution in [0.15, 0.2) is 47.6 Å². The number of allylic oxidation sites excluding steroid dienone is 8. The molecule has 0 heterocycles. The summed E-state index contributed by atoms with van der Waals surface area (Å²) in [5.41, 5.74) is 3.20. The van der Waals surface area contributed by atoms with Crippen molar-refractivity contribution < 1.29 is 24.7 Å². The Labute approximate surface area is 88.6 Å². The fourth-order valence-electron chi connectivity index (χ4n) is 1.59. The Bertz CT molecular complexity index is 262. The third-order valence-corrected chi connectivity index (χ3v) is 4.16. The van der Waals surface area contributed by atoms with Gasteiger partial charge in [0.2, 0.25) is 0 Å². The predicted molar refractivity (Wildman–Crippen MR) is 47.4 cm³/mol. The Morgan fingerprint density at radius 1 is 1.00 bits per heavy atom. The topological polar surface area (TPSA) is 0 Å². The van der Waals surface area contributed by atoms with Crippen molar-refractivity contribution >= 4 is 0 Å². The van der Waals surface area contributed by atoms with Gasteiger partial charge in [0, 0.05) is 0 Å². The maximum absolute atomic E-state index is 2.28. The van der Waals surface area contributed by atoms with E-state index < -0.39 is 0 Å². The van der Waals surface area contributed by atoms with E-state index in [0.717, 1.165) is 3.63 Å². The van der Waals surface area contributed by atoms with Gasteiger partial charge in [-0.25, -0.2) is 0 Å². The first-order valence-electron chi connectivity index (χ1n) is 4.30. The quantitative estimate of drug-likeness (QED) is 0.689. The Kier molecular flexibility index (Phi) is 2.61. The van der Waals surface area contributed by atoms with E-state index in [9.17, 15) is 0 Å². The molecule has 1 heteroatoms. The van der Waals surface area contributed by atoms with Crippen LogP contribution in [0.2, 0.25) is 3.63 Å². The summed E-state index contributed by atoms with van der Waals surface area (Å²) in [6.45, 7) is 0. The molecule has 2 aliphatic rings. The Morgan fingerprint density at radius 3 is 1.83 bits per heavy atom. The van der Waals surface area contributed by atoms with E-state index in [1.807, 2.05) is 0 Å². The van der Waals surface area contributed by atoms with Crippen molar-refractivity contribution in [1.29, 1.82) is 0 Å². The van der Waals surface area contributed by atoms with E-state index in [1.54, 1.807) is 35.9 Å². The summed E-state index contributed by atoms with van der Waals surface area (Å²) in [4.78, 5) is 0. The first kappa shape index (κ1) is 8.44. The molecule has 0 saturated heterocycles. The Hall–Kier alpha value is -0.157. The van der Waals surface area contributed by atoms with Crippen LogP contribution in [0.1, 0.15) is 12.8 Å². The first-order valence-corrected chi connectivity index (χ1v) is 5.72. The van der Waals surface area contributed by atoms with E-state index in [1.165, 1.54) is 12.8 Å². The SMILES string of the molecule is [Zr][CH](C1=CC=CC1)C1=CC=CC1. The van der Waals surface area contributed by atoms with Crippen LogP contribution in [0.5, 0.6) is 0 Å². The van der Waals surface area contributed by atoms with Gasteiger partial charge in [-0.1, -0.05) is 0 Å². The van der Waals surface area contributed by atoms with Crippen LogP contribution in [-0.4, -0.2) is 0 Å². The second-order valence-electron chi connectivity index (χ2n) is 3.18. The van der Waals surface area contributed by atoms with Gasteiger partial charge in [-0.15, -0.1) is 0 Å². The molecule has 59 valence electrons. The van der Waals surface area contributed by atoms with E-state index in [4.69, 9.17) is 0 Å². The van der Waals surface area contributed by atoms with Crippen molar-refractivity contribution in [1.82, 2.24) is 0 Å². The van der Waals surface area contributed by atoms with E-state index in [-0.39, 0.29) is 0 Å². The molecular formula is C11H11Zr. The Balaban J connectivity index is 2.05. The number of hydrogen-bond acceptors (Lipinski definition) is 0. The van der Waals surface area contributed by atoms with Crippen LogP contribution in [0.4, 0.5) is 0 Å². The van der Waals surface area contributed by atoms with Crippen LogP contribution in [0.25, 0.3) is 0 Å². The zero-order valence-corrected chi connectivity index (χ0v) is 9.41. The van der Waals surface area contributed by atoms with Gasteiger partial charge >= 0.3 is 88.8 Å². The summed E-state index contributed by atoms with van der Waals surface area (Å²) in [5, 5.41) is 0. The minimum atomic E-state index is 0.738. The van der Waals surface area contributed by atoms with E-state index >= 15 is 0 Å². The van der Waals surface area contributed by atoms with E-state index in [2.05, 4.69) is 36.5 Å². The molecule has 0 bridgehead atoms. The maximum atomic E-state index is 2.28. The standard InChI is InChI=1S/C11H11.Zr/c1-2-6-10(5-1)9-11-7-3-4-8-11;/h1-5,7,9H,6,8H2;. The molecule has 0 aromatic carbocycles. The van der Waals surface area contributed by atoms with Gasteiger partial charge in [-0.05, 0) is 0 Å². The van der Waals surface area contributed by atoms with Crippen molar-refractivity contribution in [2.45, 2.75) is 16.5 Å². The third kappa shape index (κ3) is 1.61. The summed E-state index contributed by atoms with van der Waals surface area (Å²) in [5.74, 6) is 0. The van der Waals surface area contributed by atoms with Crippen molar-refractivity contribution in [3.05, 3.63) is 47.6 Å². The van der Waals surface area contributed by atoms with Gasteiger partial charge in [0.25, 0.3) is 0 Å². The Morgan fingerprint density at radius 2 is 1.50 bits per heavy atom. The molecule has 2 rings (SSSR count). The molecule has 0 aromatic heterocycles. The van der Waals surface area contributed by atoms with Crippen molar-refractivity contribution in [2.75, 3.05) is 0 Å². The zero-order chi connectivity index (χ0) is 8.39. The first-order chi connectivity index (χ1) is 5.88. The van der Waals surface area contributed by atoms with Crippen molar-refractivity contribution in [3.8, 4) is 0 Å². The van der Waals surface area contributed by atoms with Gasteiger partial charge < -0.3 is 0 Å². The average Bonchev–Trinajstić information content (AvgIpc) is 2.77. The van der Waals surface area contributed by atoms with Gasteiger partial charge in [-0.3, -0.25) is 0 Å². The van der Waals surface area contributed by atoms with Crippen LogP contribution in [0.3, 0.4) is 0 Å². The summed E-state index contributed by atoms with van der Waals surface area (Å²) in [6.07, 6.45) is 15.7. The molecule has 0 radical (unpaired) electrons. The monoisotopic (exact) mass is 233 g/mol.